The number of thiophene rings is 1. The monoisotopic (exact) mass is 387 g/mol. The molecule has 1 N–H and O–H groups in total. The molecule has 1 aromatic heterocycles. The topological polar surface area (TPSA) is 74.7 Å². The van der Waals surface area contributed by atoms with E-state index in [2.05, 4.69) is 15.9 Å². The molecule has 0 saturated carbocycles. The van der Waals surface area contributed by atoms with Crippen molar-refractivity contribution in [2.24, 2.45) is 11.8 Å². The lowest BCUT2D eigenvalue weighted by molar-refractivity contribution is -0.142. The lowest BCUT2D eigenvalue weighted by atomic mass is 9.99. The third kappa shape index (κ3) is 2.82. The molecule has 1 aromatic rings. The maximum atomic E-state index is 12.4. The summed E-state index contributed by atoms with van der Waals surface area (Å²) in [5.41, 5.74) is 0. The second-order valence-electron chi connectivity index (χ2n) is 4.43. The van der Waals surface area contributed by atoms with Gasteiger partial charge in [0, 0.05) is 13.1 Å². The predicted molar refractivity (Wildman–Crippen MR) is 76.1 cm³/mol. The zero-order valence-corrected chi connectivity index (χ0v) is 13.8. The van der Waals surface area contributed by atoms with Crippen molar-refractivity contribution in [3.05, 3.63) is 14.9 Å². The van der Waals surface area contributed by atoms with Crippen LogP contribution in [-0.2, 0) is 14.8 Å². The molecule has 9 heteroatoms. The van der Waals surface area contributed by atoms with Crippen molar-refractivity contribution in [2.75, 3.05) is 13.1 Å². The lowest BCUT2D eigenvalue weighted by Crippen LogP contribution is -2.29. The molecule has 2 unspecified atom stereocenters. The van der Waals surface area contributed by atoms with E-state index in [0.29, 0.717) is 8.81 Å². The summed E-state index contributed by atoms with van der Waals surface area (Å²) in [4.78, 5) is 11.0. The van der Waals surface area contributed by atoms with Crippen LogP contribution in [-0.4, -0.2) is 36.9 Å². The molecular weight excluding hydrogens is 378 g/mol. The standard InChI is InChI=1S/C10H11BrClNO4S2/c1-5-3-13(4-6(5)10(14)15)19(16,17)8-2-7(12)9(11)18-8/h2,5-6H,3-4H2,1H3,(H,14,15). The molecule has 1 aliphatic rings. The molecule has 2 heterocycles. The first-order valence-electron chi connectivity index (χ1n) is 5.41. The number of rotatable bonds is 3. The minimum atomic E-state index is -3.67. The molecular formula is C10H11BrClNO4S2. The third-order valence-electron chi connectivity index (χ3n) is 3.11. The van der Waals surface area contributed by atoms with Crippen LogP contribution in [0.2, 0.25) is 5.02 Å². The molecule has 0 amide bonds. The van der Waals surface area contributed by atoms with Gasteiger partial charge < -0.3 is 5.11 Å². The smallest absolute Gasteiger partial charge is 0.308 e. The van der Waals surface area contributed by atoms with E-state index in [4.69, 9.17) is 16.7 Å². The molecule has 0 spiro atoms. The average Bonchev–Trinajstić information content (AvgIpc) is 2.84. The van der Waals surface area contributed by atoms with Crippen molar-refractivity contribution in [3.8, 4) is 0 Å². The zero-order chi connectivity index (χ0) is 14.4. The first kappa shape index (κ1) is 15.2. The van der Waals surface area contributed by atoms with Gasteiger partial charge in [-0.3, -0.25) is 4.79 Å². The molecule has 0 radical (unpaired) electrons. The van der Waals surface area contributed by atoms with Crippen LogP contribution in [0.4, 0.5) is 0 Å². The number of carboxylic acid groups (broad SMARTS) is 1. The molecule has 1 saturated heterocycles. The van der Waals surface area contributed by atoms with Crippen LogP contribution in [0.5, 0.6) is 0 Å². The van der Waals surface area contributed by atoms with Crippen LogP contribution < -0.4 is 0 Å². The van der Waals surface area contributed by atoms with E-state index < -0.39 is 21.9 Å². The molecule has 5 nitrogen and oxygen atoms in total. The minimum Gasteiger partial charge on any atom is -0.481 e. The van der Waals surface area contributed by atoms with Gasteiger partial charge in [-0.25, -0.2) is 8.42 Å². The molecule has 1 fully saturated rings. The van der Waals surface area contributed by atoms with Gasteiger partial charge in [-0.15, -0.1) is 11.3 Å². The van der Waals surface area contributed by atoms with Crippen LogP contribution >= 0.6 is 38.9 Å². The fraction of sp³-hybridized carbons (Fsp3) is 0.500. The number of carbonyl (C=O) groups is 1. The van der Waals surface area contributed by atoms with Gasteiger partial charge in [0.05, 0.1) is 14.7 Å². The molecule has 1 aliphatic heterocycles. The molecule has 0 aliphatic carbocycles. The normalized spacial score (nSPS) is 24.8. The number of aliphatic carboxylic acids is 1. The van der Waals surface area contributed by atoms with Crippen LogP contribution in [0.25, 0.3) is 0 Å². The van der Waals surface area contributed by atoms with E-state index in [1.807, 2.05) is 0 Å². The number of sulfonamides is 1. The Morgan fingerprint density at radius 1 is 1.58 bits per heavy atom. The third-order valence-corrected chi connectivity index (χ3v) is 7.87. The second-order valence-corrected chi connectivity index (χ2v) is 9.37. The summed E-state index contributed by atoms with van der Waals surface area (Å²) < 4.78 is 26.6. The Hall–Kier alpha value is -0.150. The van der Waals surface area contributed by atoms with Gasteiger partial charge in [-0.1, -0.05) is 18.5 Å². The molecule has 0 bridgehead atoms. The van der Waals surface area contributed by atoms with Gasteiger partial charge in [0.25, 0.3) is 10.0 Å². The largest absolute Gasteiger partial charge is 0.481 e. The SMILES string of the molecule is CC1CN(S(=O)(=O)c2cc(Cl)c(Br)s2)CC1C(=O)O. The van der Waals surface area contributed by atoms with Crippen molar-refractivity contribution in [2.45, 2.75) is 11.1 Å². The molecule has 2 rings (SSSR count). The highest BCUT2D eigenvalue weighted by Gasteiger charge is 2.41. The van der Waals surface area contributed by atoms with Crippen molar-refractivity contribution < 1.29 is 18.3 Å². The van der Waals surface area contributed by atoms with Gasteiger partial charge in [-0.05, 0) is 27.9 Å². The van der Waals surface area contributed by atoms with Crippen molar-refractivity contribution >= 4 is 54.9 Å². The van der Waals surface area contributed by atoms with Crippen LogP contribution in [0.3, 0.4) is 0 Å². The number of carboxylic acids is 1. The molecule has 19 heavy (non-hydrogen) atoms. The highest BCUT2D eigenvalue weighted by atomic mass is 79.9. The van der Waals surface area contributed by atoms with Crippen LogP contribution in [0, 0.1) is 11.8 Å². The van der Waals surface area contributed by atoms with E-state index in [9.17, 15) is 13.2 Å². The number of hydrogen-bond donors (Lipinski definition) is 1. The summed E-state index contributed by atoms with van der Waals surface area (Å²) in [6.45, 7) is 1.96. The summed E-state index contributed by atoms with van der Waals surface area (Å²) in [6, 6.07) is 1.38. The predicted octanol–water partition coefficient (Wildman–Crippen LogP) is 2.51. The fourth-order valence-electron chi connectivity index (χ4n) is 2.02. The van der Waals surface area contributed by atoms with E-state index in [1.54, 1.807) is 6.92 Å². The zero-order valence-electron chi connectivity index (χ0n) is 9.84. The highest BCUT2D eigenvalue weighted by Crippen LogP contribution is 2.37. The maximum absolute atomic E-state index is 12.4. The Morgan fingerprint density at radius 2 is 2.21 bits per heavy atom. The van der Waals surface area contributed by atoms with E-state index >= 15 is 0 Å². The Kier molecular flexibility index (Phi) is 4.27. The average molecular weight is 389 g/mol. The van der Waals surface area contributed by atoms with Gasteiger partial charge in [0.1, 0.15) is 4.21 Å². The first-order chi connectivity index (χ1) is 8.73. The summed E-state index contributed by atoms with van der Waals surface area (Å²) in [5, 5.41) is 9.38. The highest BCUT2D eigenvalue weighted by molar-refractivity contribution is 9.11. The Morgan fingerprint density at radius 3 is 2.63 bits per heavy atom. The van der Waals surface area contributed by atoms with E-state index in [-0.39, 0.29) is 23.2 Å². The summed E-state index contributed by atoms with van der Waals surface area (Å²) in [5.74, 6) is -1.82. The lowest BCUT2D eigenvalue weighted by Gasteiger charge is -2.14. The summed E-state index contributed by atoms with van der Waals surface area (Å²) in [6.07, 6.45) is 0. The van der Waals surface area contributed by atoms with Gasteiger partial charge in [0.15, 0.2) is 0 Å². The number of nitrogens with zero attached hydrogens (tertiary/aromatic N) is 1. The maximum Gasteiger partial charge on any atom is 0.308 e. The molecule has 0 aromatic carbocycles. The van der Waals surface area contributed by atoms with Crippen molar-refractivity contribution in [3.63, 3.8) is 0 Å². The Balaban J connectivity index is 2.29. The molecule has 2 atom stereocenters. The van der Waals surface area contributed by atoms with Gasteiger partial charge in [0.2, 0.25) is 0 Å². The molecule has 106 valence electrons. The van der Waals surface area contributed by atoms with Crippen LogP contribution in [0.1, 0.15) is 6.92 Å². The van der Waals surface area contributed by atoms with Crippen molar-refractivity contribution in [1.82, 2.24) is 4.31 Å². The summed E-state index contributed by atoms with van der Waals surface area (Å²) >= 11 is 10.0. The van der Waals surface area contributed by atoms with E-state index in [0.717, 1.165) is 11.3 Å². The number of hydrogen-bond acceptors (Lipinski definition) is 4. The number of halogens is 2. The Labute approximate surface area is 128 Å². The van der Waals surface area contributed by atoms with Gasteiger partial charge >= 0.3 is 5.97 Å². The Bertz CT molecular complexity index is 596. The minimum absolute atomic E-state index is 0.00592. The van der Waals surface area contributed by atoms with Crippen LogP contribution in [0.15, 0.2) is 14.1 Å². The first-order valence-corrected chi connectivity index (χ1v) is 8.84. The summed E-state index contributed by atoms with van der Waals surface area (Å²) in [7, 11) is -3.67. The van der Waals surface area contributed by atoms with Crippen molar-refractivity contribution in [1.29, 1.82) is 0 Å². The fourth-order valence-corrected chi connectivity index (χ4v) is 6.14. The quantitative estimate of drug-likeness (QED) is 0.863. The second kappa shape index (κ2) is 5.33. The van der Waals surface area contributed by atoms with E-state index in [1.165, 1.54) is 10.4 Å². The van der Waals surface area contributed by atoms with Gasteiger partial charge in [-0.2, -0.15) is 4.31 Å².